The van der Waals surface area contributed by atoms with Gasteiger partial charge in [-0.1, -0.05) is 26.0 Å². The van der Waals surface area contributed by atoms with Gasteiger partial charge in [-0.05, 0) is 42.0 Å². The predicted molar refractivity (Wildman–Crippen MR) is 99.9 cm³/mol. The van der Waals surface area contributed by atoms with Crippen molar-refractivity contribution in [3.05, 3.63) is 59.7 Å². The van der Waals surface area contributed by atoms with Gasteiger partial charge in [0.25, 0.3) is 5.91 Å². The van der Waals surface area contributed by atoms with Crippen LogP contribution in [0.4, 0.5) is 5.69 Å². The van der Waals surface area contributed by atoms with E-state index in [-0.39, 0.29) is 17.7 Å². The Kier molecular flexibility index (Phi) is 6.47. The Morgan fingerprint density at radius 3 is 2.12 bits per heavy atom. The third-order valence-electron chi connectivity index (χ3n) is 3.65. The molecule has 132 valence electrons. The molecular weight excluding hydrogens is 336 g/mol. The highest BCUT2D eigenvalue weighted by atomic mass is 32.2. The second-order valence-electron chi connectivity index (χ2n) is 6.00. The molecule has 6 heteroatoms. The number of rotatable bonds is 6. The zero-order valence-electron chi connectivity index (χ0n) is 14.5. The van der Waals surface area contributed by atoms with Crippen molar-refractivity contribution in [2.75, 3.05) is 11.6 Å². The molecule has 0 spiro atoms. The Morgan fingerprint density at radius 1 is 1.00 bits per heavy atom. The molecule has 0 radical (unpaired) electrons. The average Bonchev–Trinajstić information content (AvgIpc) is 2.60. The number of benzene rings is 2. The number of carbonyl (C=O) groups is 2. The van der Waals surface area contributed by atoms with Crippen LogP contribution in [0.3, 0.4) is 0 Å². The number of nitrogens with one attached hydrogen (secondary N) is 2. The molecule has 0 aliphatic carbocycles. The van der Waals surface area contributed by atoms with Crippen LogP contribution in [0, 0.1) is 5.92 Å². The Hall–Kier alpha value is -2.47. The van der Waals surface area contributed by atoms with Crippen LogP contribution in [0.1, 0.15) is 29.8 Å². The van der Waals surface area contributed by atoms with Gasteiger partial charge in [-0.2, -0.15) is 0 Å². The van der Waals surface area contributed by atoms with E-state index in [1.807, 2.05) is 38.1 Å². The number of hydrogen-bond acceptors (Lipinski definition) is 3. The molecule has 2 aromatic carbocycles. The highest BCUT2D eigenvalue weighted by Crippen LogP contribution is 2.12. The van der Waals surface area contributed by atoms with E-state index in [1.165, 1.54) is 0 Å². The maximum atomic E-state index is 12.1. The summed E-state index contributed by atoms with van der Waals surface area (Å²) in [6.07, 6.45) is 1.60. The summed E-state index contributed by atoms with van der Waals surface area (Å²) in [5.74, 6) is -0.293. The van der Waals surface area contributed by atoms with Crippen LogP contribution < -0.4 is 10.6 Å². The fourth-order valence-corrected chi connectivity index (χ4v) is 2.59. The van der Waals surface area contributed by atoms with Crippen molar-refractivity contribution >= 4 is 28.3 Å². The van der Waals surface area contributed by atoms with Crippen LogP contribution in [-0.2, 0) is 22.1 Å². The second kappa shape index (κ2) is 8.58. The second-order valence-corrected chi connectivity index (χ2v) is 7.38. The molecule has 0 saturated carbocycles. The summed E-state index contributed by atoms with van der Waals surface area (Å²) in [5.41, 5.74) is 2.19. The first kappa shape index (κ1) is 18.9. The van der Waals surface area contributed by atoms with E-state index < -0.39 is 10.8 Å². The van der Waals surface area contributed by atoms with E-state index in [4.69, 9.17) is 0 Å². The van der Waals surface area contributed by atoms with Gasteiger partial charge in [0.2, 0.25) is 5.91 Å². The van der Waals surface area contributed by atoms with E-state index in [1.54, 1.807) is 30.5 Å². The first-order valence-corrected chi connectivity index (χ1v) is 9.54. The molecule has 0 heterocycles. The standard InChI is InChI=1S/C19H22N2O3S/c1-13(2)18(22)21-16-8-4-14(5-9-16)12-20-19(23)15-6-10-17(11-7-15)25(3)24/h4-11,13H,12H2,1-3H3,(H,20,23)(H,21,22). The SMILES string of the molecule is CC(C)C(=O)Nc1ccc(CNC(=O)c2ccc(S(C)=O)cc2)cc1. The van der Waals surface area contributed by atoms with E-state index in [0.29, 0.717) is 17.0 Å². The van der Waals surface area contributed by atoms with Gasteiger partial charge >= 0.3 is 0 Å². The normalized spacial score (nSPS) is 11.8. The van der Waals surface area contributed by atoms with E-state index in [9.17, 15) is 13.8 Å². The molecule has 0 fully saturated rings. The van der Waals surface area contributed by atoms with Crippen molar-refractivity contribution in [1.82, 2.24) is 5.32 Å². The summed E-state index contributed by atoms with van der Waals surface area (Å²) in [6.45, 7) is 4.06. The van der Waals surface area contributed by atoms with Crippen molar-refractivity contribution in [1.29, 1.82) is 0 Å². The maximum Gasteiger partial charge on any atom is 0.251 e. The third-order valence-corrected chi connectivity index (χ3v) is 4.58. The molecule has 25 heavy (non-hydrogen) atoms. The van der Waals surface area contributed by atoms with Crippen molar-refractivity contribution < 1.29 is 13.8 Å². The molecule has 0 aliphatic heterocycles. The minimum Gasteiger partial charge on any atom is -0.348 e. The van der Waals surface area contributed by atoms with Crippen LogP contribution in [-0.4, -0.2) is 22.3 Å². The van der Waals surface area contributed by atoms with E-state index in [2.05, 4.69) is 10.6 Å². The summed E-state index contributed by atoms with van der Waals surface area (Å²) in [4.78, 5) is 24.5. The Balaban J connectivity index is 1.91. The number of carbonyl (C=O) groups excluding carboxylic acids is 2. The Morgan fingerprint density at radius 2 is 1.60 bits per heavy atom. The van der Waals surface area contributed by atoms with Gasteiger partial charge in [-0.3, -0.25) is 13.8 Å². The highest BCUT2D eigenvalue weighted by Gasteiger charge is 2.08. The molecule has 2 N–H and O–H groups in total. The lowest BCUT2D eigenvalue weighted by molar-refractivity contribution is -0.118. The van der Waals surface area contributed by atoms with Gasteiger partial charge in [-0.25, -0.2) is 0 Å². The monoisotopic (exact) mass is 358 g/mol. The maximum absolute atomic E-state index is 12.1. The number of anilines is 1. The minimum atomic E-state index is -1.06. The predicted octanol–water partition coefficient (Wildman–Crippen LogP) is 2.95. The van der Waals surface area contributed by atoms with Crippen LogP contribution in [0.15, 0.2) is 53.4 Å². The summed E-state index contributed by atoms with van der Waals surface area (Å²) in [7, 11) is -1.06. The van der Waals surface area contributed by atoms with Gasteiger partial charge < -0.3 is 10.6 Å². The summed E-state index contributed by atoms with van der Waals surface area (Å²) in [6, 6.07) is 14.1. The molecule has 2 aromatic rings. The van der Waals surface area contributed by atoms with Crippen molar-refractivity contribution in [2.45, 2.75) is 25.3 Å². The third kappa shape index (κ3) is 5.53. The van der Waals surface area contributed by atoms with Gasteiger partial charge in [0.15, 0.2) is 0 Å². The topological polar surface area (TPSA) is 75.3 Å². The lowest BCUT2D eigenvalue weighted by atomic mass is 10.1. The van der Waals surface area contributed by atoms with Gasteiger partial charge in [0, 0.05) is 45.7 Å². The molecule has 0 saturated heterocycles. The highest BCUT2D eigenvalue weighted by molar-refractivity contribution is 7.84. The Labute approximate surface area is 150 Å². The van der Waals surface area contributed by atoms with Gasteiger partial charge in [0.05, 0.1) is 0 Å². The van der Waals surface area contributed by atoms with Crippen LogP contribution >= 0.6 is 0 Å². The molecule has 0 aromatic heterocycles. The average molecular weight is 358 g/mol. The van der Waals surface area contributed by atoms with Crippen molar-refractivity contribution in [2.24, 2.45) is 5.92 Å². The van der Waals surface area contributed by atoms with Crippen molar-refractivity contribution in [3.8, 4) is 0 Å². The first-order chi connectivity index (χ1) is 11.9. The summed E-state index contributed by atoms with van der Waals surface area (Å²) >= 11 is 0. The minimum absolute atomic E-state index is 0.0301. The largest absolute Gasteiger partial charge is 0.348 e. The zero-order valence-corrected chi connectivity index (χ0v) is 15.4. The molecular formula is C19H22N2O3S. The Bertz CT molecular complexity index is 768. The number of amides is 2. The zero-order chi connectivity index (χ0) is 18.4. The molecule has 2 amide bonds. The fourth-order valence-electron chi connectivity index (χ4n) is 2.07. The lowest BCUT2D eigenvalue weighted by Crippen LogP contribution is -2.22. The molecule has 1 unspecified atom stereocenters. The number of hydrogen-bond donors (Lipinski definition) is 2. The van der Waals surface area contributed by atoms with Gasteiger partial charge in [-0.15, -0.1) is 0 Å². The lowest BCUT2D eigenvalue weighted by Gasteiger charge is -2.09. The molecule has 1 atom stereocenters. The van der Waals surface area contributed by atoms with Crippen LogP contribution in [0.5, 0.6) is 0 Å². The molecule has 5 nitrogen and oxygen atoms in total. The van der Waals surface area contributed by atoms with Crippen LogP contribution in [0.25, 0.3) is 0 Å². The quantitative estimate of drug-likeness (QED) is 0.834. The molecule has 2 rings (SSSR count). The fraction of sp³-hybridized carbons (Fsp3) is 0.263. The molecule has 0 bridgehead atoms. The van der Waals surface area contributed by atoms with Gasteiger partial charge in [0.1, 0.15) is 0 Å². The van der Waals surface area contributed by atoms with Crippen LogP contribution in [0.2, 0.25) is 0 Å². The smallest absolute Gasteiger partial charge is 0.251 e. The molecule has 0 aliphatic rings. The summed E-state index contributed by atoms with van der Waals surface area (Å²) in [5, 5.41) is 5.66. The van der Waals surface area contributed by atoms with E-state index >= 15 is 0 Å². The van der Waals surface area contributed by atoms with E-state index in [0.717, 1.165) is 11.3 Å². The van der Waals surface area contributed by atoms with Crippen molar-refractivity contribution in [3.63, 3.8) is 0 Å². The first-order valence-electron chi connectivity index (χ1n) is 7.98. The summed E-state index contributed by atoms with van der Waals surface area (Å²) < 4.78 is 11.4.